The Labute approximate surface area is 324 Å². The molecule has 0 unspecified atom stereocenters. The topological polar surface area (TPSA) is 255 Å². The average Bonchev–Trinajstić information content (AvgIpc) is 3.70. The Balaban J connectivity index is 1.74. The molecule has 0 radical (unpaired) electrons. The van der Waals surface area contributed by atoms with Gasteiger partial charge in [-0.15, -0.1) is 0 Å². The van der Waals surface area contributed by atoms with E-state index in [2.05, 4.69) is 10.2 Å². The molecule has 1 aliphatic heterocycles. The number of carbonyl (C=O) groups is 4. The van der Waals surface area contributed by atoms with Gasteiger partial charge in [0.15, 0.2) is 12.2 Å². The molecule has 1 aromatic carbocycles. The van der Waals surface area contributed by atoms with Crippen LogP contribution in [0, 0.1) is 23.2 Å². The summed E-state index contributed by atoms with van der Waals surface area (Å²) in [7, 11) is -3.55. The first-order chi connectivity index (χ1) is 26.3. The standard InChI is InChI=1S/C37H49N6O12P/c1-20(2)33(44)52-31-30(29-14-13-28-26(39)15-16-41-43(28)29)54-37(18-38,32(31)53-34(45)21(3)4)19-50-56(48,42-23(7)35(46)49-8)55-25-11-9-24(10-12-25)17-27(40)36(47)51-22(5)6/h9-16,20-23,27,30-32H,17,19,39-40H2,1-8H3,(H,42,48)/t23-,27-,30-,31-,32-,37+,56+/m0/s1. The number of nitrogens with one attached hydrogen (secondary N) is 1. The molecular weight excluding hydrogens is 751 g/mol. The van der Waals surface area contributed by atoms with Gasteiger partial charge in [0.25, 0.3) is 0 Å². The molecule has 7 atom stereocenters. The molecule has 3 heterocycles. The van der Waals surface area contributed by atoms with E-state index in [-0.39, 0.29) is 24.0 Å². The van der Waals surface area contributed by atoms with E-state index in [0.717, 1.165) is 7.11 Å². The molecule has 0 aliphatic carbocycles. The molecule has 1 saturated heterocycles. The predicted molar refractivity (Wildman–Crippen MR) is 199 cm³/mol. The molecule has 2 aromatic heterocycles. The summed E-state index contributed by atoms with van der Waals surface area (Å²) in [5, 5.41) is 17.7. The van der Waals surface area contributed by atoms with Crippen molar-refractivity contribution >= 4 is 42.8 Å². The number of nitriles is 1. The summed E-state index contributed by atoms with van der Waals surface area (Å²) in [6, 6.07) is 10.7. The molecule has 4 rings (SSSR count). The summed E-state index contributed by atoms with van der Waals surface area (Å²) in [5.41, 5.74) is 11.6. The van der Waals surface area contributed by atoms with Gasteiger partial charge in [-0.3, -0.25) is 23.7 Å². The molecule has 1 aliphatic rings. The van der Waals surface area contributed by atoms with Crippen molar-refractivity contribution < 1.29 is 56.5 Å². The van der Waals surface area contributed by atoms with Crippen molar-refractivity contribution in [1.29, 1.82) is 5.26 Å². The van der Waals surface area contributed by atoms with Gasteiger partial charge in [0, 0.05) is 6.20 Å². The molecule has 0 spiro atoms. The lowest BCUT2D eigenvalue weighted by Gasteiger charge is -2.31. The summed E-state index contributed by atoms with van der Waals surface area (Å²) in [4.78, 5) is 51.1. The van der Waals surface area contributed by atoms with Crippen LogP contribution in [0.3, 0.4) is 0 Å². The monoisotopic (exact) mass is 800 g/mol. The van der Waals surface area contributed by atoms with Crippen molar-refractivity contribution in [3.8, 4) is 11.8 Å². The van der Waals surface area contributed by atoms with Gasteiger partial charge in [-0.1, -0.05) is 39.8 Å². The van der Waals surface area contributed by atoms with E-state index in [9.17, 15) is 29.0 Å². The number of nitrogen functional groups attached to an aromatic ring is 1. The van der Waals surface area contributed by atoms with Crippen LogP contribution in [0.1, 0.15) is 65.8 Å². The maximum Gasteiger partial charge on any atom is 0.459 e. The predicted octanol–water partition coefficient (Wildman–Crippen LogP) is 3.56. The minimum Gasteiger partial charge on any atom is -0.468 e. The summed E-state index contributed by atoms with van der Waals surface area (Å²) in [5.74, 6) is -4.20. The third-order valence-electron chi connectivity index (χ3n) is 8.54. The van der Waals surface area contributed by atoms with Gasteiger partial charge in [0.1, 0.15) is 36.6 Å². The fourth-order valence-corrected chi connectivity index (χ4v) is 7.08. The zero-order valence-corrected chi connectivity index (χ0v) is 33.4. The molecule has 3 aromatic rings. The average molecular weight is 801 g/mol. The van der Waals surface area contributed by atoms with Gasteiger partial charge in [-0.25, -0.2) is 9.08 Å². The van der Waals surface area contributed by atoms with Crippen molar-refractivity contribution in [2.75, 3.05) is 19.5 Å². The van der Waals surface area contributed by atoms with Crippen molar-refractivity contribution in [2.24, 2.45) is 17.6 Å². The Morgan fingerprint density at radius 3 is 2.20 bits per heavy atom. The zero-order chi connectivity index (χ0) is 41.5. The largest absolute Gasteiger partial charge is 0.468 e. The number of hydrogen-bond acceptors (Lipinski definition) is 16. The molecule has 304 valence electrons. The first-order valence-electron chi connectivity index (χ1n) is 17.9. The van der Waals surface area contributed by atoms with E-state index in [1.165, 1.54) is 29.8 Å². The van der Waals surface area contributed by atoms with Gasteiger partial charge >= 0.3 is 31.6 Å². The molecule has 5 N–H and O–H groups in total. The van der Waals surface area contributed by atoms with E-state index in [1.54, 1.807) is 71.9 Å². The number of rotatable bonds is 17. The number of nitrogens with zero attached hydrogens (tertiary/aromatic N) is 3. The van der Waals surface area contributed by atoms with Gasteiger partial charge in [-0.2, -0.15) is 15.4 Å². The molecule has 0 amide bonds. The number of carbonyl (C=O) groups excluding carboxylic acids is 4. The van der Waals surface area contributed by atoms with Crippen LogP contribution in [0.15, 0.2) is 48.7 Å². The molecular formula is C37H49N6O12P. The third kappa shape index (κ3) is 10.2. The Morgan fingerprint density at radius 1 is 0.964 bits per heavy atom. The number of aromatic nitrogens is 2. The summed E-state index contributed by atoms with van der Waals surface area (Å²) in [6.45, 7) is 10.2. The minimum atomic E-state index is -4.68. The second-order valence-corrected chi connectivity index (χ2v) is 15.8. The lowest BCUT2D eigenvalue weighted by Crippen LogP contribution is -2.50. The fraction of sp³-hybridized carbons (Fsp3) is 0.514. The van der Waals surface area contributed by atoms with E-state index < -0.39 is 86.1 Å². The number of methoxy groups -OCH3 is 1. The van der Waals surface area contributed by atoms with E-state index in [1.807, 2.05) is 6.07 Å². The lowest BCUT2D eigenvalue weighted by atomic mass is 9.95. The van der Waals surface area contributed by atoms with Crippen molar-refractivity contribution in [2.45, 2.75) is 97.0 Å². The van der Waals surface area contributed by atoms with Crippen LogP contribution in [-0.4, -0.2) is 83.2 Å². The highest BCUT2D eigenvalue weighted by molar-refractivity contribution is 7.52. The molecule has 19 heteroatoms. The molecule has 56 heavy (non-hydrogen) atoms. The molecule has 18 nitrogen and oxygen atoms in total. The van der Waals surface area contributed by atoms with E-state index in [0.29, 0.717) is 16.8 Å². The molecule has 1 fully saturated rings. The minimum absolute atomic E-state index is 0.00829. The van der Waals surface area contributed by atoms with E-state index in [4.69, 9.17) is 44.2 Å². The van der Waals surface area contributed by atoms with Crippen LogP contribution in [0.5, 0.6) is 5.75 Å². The van der Waals surface area contributed by atoms with Gasteiger partial charge in [-0.05, 0) is 63.1 Å². The second kappa shape index (κ2) is 18.3. The van der Waals surface area contributed by atoms with Crippen LogP contribution < -0.4 is 21.1 Å². The summed E-state index contributed by atoms with van der Waals surface area (Å²) < 4.78 is 55.9. The Kier molecular flexibility index (Phi) is 14.2. The smallest absolute Gasteiger partial charge is 0.459 e. The number of esters is 4. The third-order valence-corrected chi connectivity index (χ3v) is 10.2. The maximum atomic E-state index is 14.6. The fourth-order valence-electron chi connectivity index (χ4n) is 5.56. The lowest BCUT2D eigenvalue weighted by molar-refractivity contribution is -0.173. The number of fused-ring (bicyclic) bond motifs is 1. The van der Waals surface area contributed by atoms with Crippen LogP contribution in [0.25, 0.3) is 5.52 Å². The number of anilines is 1. The van der Waals surface area contributed by atoms with Gasteiger partial charge in [0.05, 0.1) is 41.9 Å². The molecule has 0 bridgehead atoms. The summed E-state index contributed by atoms with van der Waals surface area (Å²) in [6.07, 6.45) is -3.19. The highest BCUT2D eigenvalue weighted by atomic mass is 31.2. The van der Waals surface area contributed by atoms with Crippen LogP contribution in [0.4, 0.5) is 5.69 Å². The zero-order valence-electron chi connectivity index (χ0n) is 32.5. The molecule has 0 saturated carbocycles. The van der Waals surface area contributed by atoms with Crippen molar-refractivity contribution in [1.82, 2.24) is 14.7 Å². The quantitative estimate of drug-likeness (QED) is 0.100. The summed E-state index contributed by atoms with van der Waals surface area (Å²) >= 11 is 0. The number of nitrogens with two attached hydrogens (primary N) is 2. The normalized spacial score (nSPS) is 21.6. The van der Waals surface area contributed by atoms with Crippen LogP contribution in [-0.2, 0) is 58.4 Å². The van der Waals surface area contributed by atoms with Crippen molar-refractivity contribution in [3.63, 3.8) is 0 Å². The first-order valence-corrected chi connectivity index (χ1v) is 19.4. The second-order valence-electron chi connectivity index (χ2n) is 14.1. The Hall–Kier alpha value is -5.05. The Morgan fingerprint density at radius 2 is 1.61 bits per heavy atom. The van der Waals surface area contributed by atoms with Crippen LogP contribution in [0.2, 0.25) is 0 Å². The number of benzene rings is 1. The maximum absolute atomic E-state index is 14.6. The number of hydrogen-bond donors (Lipinski definition) is 3. The van der Waals surface area contributed by atoms with E-state index >= 15 is 0 Å². The SMILES string of the molecule is COC(=O)[C@H](C)N[P@@](=O)(OC[C@@]1(C#N)O[C@@H](c2ccc3c(N)ccnn23)[C@H](OC(=O)C(C)C)[C@@H]1OC(=O)C(C)C)Oc1ccc(C[C@H](N)C(=O)OC(C)C)cc1. The number of ether oxygens (including phenoxy) is 5. The van der Waals surface area contributed by atoms with Gasteiger partial charge in [0.2, 0.25) is 5.60 Å². The first kappa shape index (κ1) is 43.7. The Bertz CT molecular complexity index is 1980. The van der Waals surface area contributed by atoms with Crippen LogP contribution >= 0.6 is 7.75 Å². The highest BCUT2D eigenvalue weighted by Crippen LogP contribution is 2.50. The van der Waals surface area contributed by atoms with Crippen molar-refractivity contribution in [3.05, 3.63) is 59.9 Å². The van der Waals surface area contributed by atoms with Gasteiger partial charge < -0.3 is 39.7 Å². The highest BCUT2D eigenvalue weighted by Gasteiger charge is 2.62.